The van der Waals surface area contributed by atoms with E-state index in [1.54, 1.807) is 50.3 Å². The van der Waals surface area contributed by atoms with Crippen molar-refractivity contribution in [1.82, 2.24) is 4.57 Å². The Morgan fingerprint density at radius 1 is 1.11 bits per heavy atom. The average Bonchev–Trinajstić information content (AvgIpc) is 3.34. The summed E-state index contributed by atoms with van der Waals surface area (Å²) in [5.74, 6) is 0.547. The second-order valence-corrected chi connectivity index (χ2v) is 12.1. The summed E-state index contributed by atoms with van der Waals surface area (Å²) in [6.07, 6.45) is 3.80. The number of ether oxygens (including phenoxy) is 4. The van der Waals surface area contributed by atoms with Crippen LogP contribution in [0.4, 0.5) is 4.39 Å². The molecule has 0 N–H and O–H groups in total. The van der Waals surface area contributed by atoms with Crippen molar-refractivity contribution < 1.29 is 28.1 Å². The van der Waals surface area contributed by atoms with Crippen molar-refractivity contribution in [2.24, 2.45) is 4.99 Å². The highest BCUT2D eigenvalue weighted by molar-refractivity contribution is 7.07. The van der Waals surface area contributed by atoms with Gasteiger partial charge in [-0.05, 0) is 70.0 Å². The van der Waals surface area contributed by atoms with Crippen molar-refractivity contribution in [3.63, 3.8) is 0 Å². The lowest BCUT2D eigenvalue weighted by atomic mass is 9.95. The molecule has 47 heavy (non-hydrogen) atoms. The second kappa shape index (κ2) is 14.6. The van der Waals surface area contributed by atoms with Crippen LogP contribution in [0.3, 0.4) is 0 Å². The smallest absolute Gasteiger partial charge is 0.338 e. The number of benzene rings is 3. The lowest BCUT2D eigenvalue weighted by Gasteiger charge is -2.26. The number of methoxy groups -OCH3 is 1. The summed E-state index contributed by atoms with van der Waals surface area (Å²) < 4.78 is 39.6. The van der Waals surface area contributed by atoms with Crippen molar-refractivity contribution in [3.8, 4) is 17.2 Å². The van der Waals surface area contributed by atoms with Crippen molar-refractivity contribution in [2.75, 3.05) is 13.7 Å². The summed E-state index contributed by atoms with van der Waals surface area (Å²) in [5.41, 5.74) is 2.92. The quantitative estimate of drug-likeness (QED) is 0.137. The predicted octanol–water partition coefficient (Wildman–Crippen LogP) is 6.04. The van der Waals surface area contributed by atoms with Crippen LogP contribution in [0.25, 0.3) is 6.08 Å². The van der Waals surface area contributed by atoms with Gasteiger partial charge in [-0.15, -0.1) is 6.58 Å². The number of thiazole rings is 1. The number of fused-ring (bicyclic) bond motifs is 1. The first kappa shape index (κ1) is 33.4. The van der Waals surface area contributed by atoms with E-state index in [0.29, 0.717) is 55.4 Å². The van der Waals surface area contributed by atoms with Gasteiger partial charge in [0.25, 0.3) is 5.56 Å². The number of esters is 1. The van der Waals surface area contributed by atoms with Gasteiger partial charge in [-0.3, -0.25) is 9.36 Å². The molecule has 0 saturated heterocycles. The molecule has 1 aliphatic rings. The number of carbonyl (C=O) groups excluding carboxylic acids is 1. The maximum absolute atomic E-state index is 14.3. The van der Waals surface area contributed by atoms with Crippen molar-refractivity contribution >= 4 is 23.4 Å². The Labute approximate surface area is 276 Å². The molecule has 4 aromatic rings. The SMILES string of the molecule is C=CCc1cc(/C=c2/sc3n(c2=O)[C@H](c2ccccc2OC(C)C)C(C(=O)OCC)=C(C)N=3)cc(OC)c1OCc1ccccc1F. The summed E-state index contributed by atoms with van der Waals surface area (Å²) in [7, 11) is 1.52. The van der Waals surface area contributed by atoms with Gasteiger partial charge in [0, 0.05) is 16.7 Å². The van der Waals surface area contributed by atoms with Crippen molar-refractivity contribution in [2.45, 2.75) is 52.9 Å². The number of nitrogens with zero attached hydrogens (tertiary/aromatic N) is 2. The van der Waals surface area contributed by atoms with Crippen LogP contribution in [0.5, 0.6) is 17.2 Å². The largest absolute Gasteiger partial charge is 0.493 e. The minimum absolute atomic E-state index is 0.00920. The van der Waals surface area contributed by atoms with E-state index in [2.05, 4.69) is 11.6 Å². The fraction of sp³-hybridized carbons (Fsp3) is 0.270. The van der Waals surface area contributed by atoms with Gasteiger partial charge in [-0.1, -0.05) is 53.8 Å². The van der Waals surface area contributed by atoms with Crippen molar-refractivity contribution in [3.05, 3.63) is 132 Å². The van der Waals surface area contributed by atoms with Gasteiger partial charge in [0.05, 0.1) is 35.6 Å². The predicted molar refractivity (Wildman–Crippen MR) is 180 cm³/mol. The van der Waals surface area contributed by atoms with Crippen LogP contribution in [0.1, 0.15) is 56.0 Å². The highest BCUT2D eigenvalue weighted by Gasteiger charge is 2.35. The first-order valence-electron chi connectivity index (χ1n) is 15.3. The zero-order valence-electron chi connectivity index (χ0n) is 27.0. The third-order valence-electron chi connectivity index (χ3n) is 7.46. The summed E-state index contributed by atoms with van der Waals surface area (Å²) in [5, 5.41) is 0. The Bertz CT molecular complexity index is 2030. The molecule has 0 amide bonds. The average molecular weight is 657 g/mol. The minimum Gasteiger partial charge on any atom is -0.493 e. The van der Waals surface area contributed by atoms with E-state index in [0.717, 1.165) is 5.56 Å². The number of aromatic nitrogens is 1. The molecule has 0 radical (unpaired) electrons. The number of carbonyl (C=O) groups is 1. The molecule has 2 heterocycles. The molecular weight excluding hydrogens is 619 g/mol. The summed E-state index contributed by atoms with van der Waals surface area (Å²) >= 11 is 1.22. The molecule has 0 aliphatic carbocycles. The van der Waals surface area contributed by atoms with E-state index < -0.39 is 12.0 Å². The Kier molecular flexibility index (Phi) is 10.4. The van der Waals surface area contributed by atoms with E-state index in [9.17, 15) is 14.0 Å². The molecule has 0 bridgehead atoms. The molecule has 1 aliphatic heterocycles. The number of allylic oxidation sites excluding steroid dienone is 2. The van der Waals surface area contributed by atoms with Gasteiger partial charge in [0.2, 0.25) is 0 Å². The van der Waals surface area contributed by atoms with Crippen LogP contribution < -0.4 is 29.1 Å². The number of rotatable bonds is 12. The third-order valence-corrected chi connectivity index (χ3v) is 8.44. The molecule has 5 rings (SSSR count). The number of hydrogen-bond acceptors (Lipinski definition) is 8. The zero-order valence-corrected chi connectivity index (χ0v) is 27.9. The first-order chi connectivity index (χ1) is 22.7. The Hall–Kier alpha value is -4.96. The fourth-order valence-corrected chi connectivity index (χ4v) is 6.51. The highest BCUT2D eigenvalue weighted by Crippen LogP contribution is 2.37. The number of hydrogen-bond donors (Lipinski definition) is 0. The van der Waals surface area contributed by atoms with Crippen LogP contribution in [0.15, 0.2) is 94.4 Å². The lowest BCUT2D eigenvalue weighted by Crippen LogP contribution is -2.40. The second-order valence-electron chi connectivity index (χ2n) is 11.1. The summed E-state index contributed by atoms with van der Waals surface area (Å²) in [6, 6.07) is 16.6. The topological polar surface area (TPSA) is 88.4 Å². The maximum Gasteiger partial charge on any atom is 0.338 e. The minimum atomic E-state index is -0.817. The van der Waals surface area contributed by atoms with E-state index in [4.69, 9.17) is 18.9 Å². The standard InChI is InChI=1S/C37H37FN2O6S/c1-7-13-25-18-24(19-30(43-6)34(25)45-21-26-14-9-11-16-28(26)38)20-31-35(41)40-33(27-15-10-12-17-29(27)46-22(3)4)32(36(42)44-8-2)23(5)39-37(40)47-31/h7,9-12,14-20,22,33H,1,8,13,21H2,2-6H3/b31-20+/t33-/m1/s1. The molecule has 244 valence electrons. The van der Waals surface area contributed by atoms with Gasteiger partial charge < -0.3 is 18.9 Å². The van der Waals surface area contributed by atoms with Crippen molar-refractivity contribution in [1.29, 1.82) is 0 Å². The van der Waals surface area contributed by atoms with Gasteiger partial charge in [-0.25, -0.2) is 14.2 Å². The monoisotopic (exact) mass is 656 g/mol. The molecule has 8 nitrogen and oxygen atoms in total. The molecule has 3 aromatic carbocycles. The highest BCUT2D eigenvalue weighted by atomic mass is 32.1. The number of para-hydroxylation sites is 1. The lowest BCUT2D eigenvalue weighted by molar-refractivity contribution is -0.139. The molecule has 0 saturated carbocycles. The molecule has 1 atom stereocenters. The van der Waals surface area contributed by atoms with Gasteiger partial charge in [0.1, 0.15) is 24.2 Å². The van der Waals surface area contributed by atoms with Gasteiger partial charge >= 0.3 is 5.97 Å². The van der Waals surface area contributed by atoms with Gasteiger partial charge in [-0.2, -0.15) is 0 Å². The first-order valence-corrected chi connectivity index (χ1v) is 16.1. The van der Waals surface area contributed by atoms with E-state index in [-0.39, 0.29) is 36.3 Å². The zero-order chi connectivity index (χ0) is 33.7. The fourth-order valence-electron chi connectivity index (χ4n) is 5.46. The van der Waals surface area contributed by atoms with E-state index >= 15 is 0 Å². The molecule has 0 fully saturated rings. The number of halogens is 1. The molecule has 1 aromatic heterocycles. The Morgan fingerprint density at radius 3 is 2.55 bits per heavy atom. The van der Waals surface area contributed by atoms with Crippen LogP contribution in [-0.2, 0) is 22.6 Å². The molecule has 0 unspecified atom stereocenters. The molecular formula is C37H37FN2O6S. The Morgan fingerprint density at radius 2 is 1.85 bits per heavy atom. The molecule has 0 spiro atoms. The summed E-state index contributed by atoms with van der Waals surface area (Å²) in [6.45, 7) is 11.4. The third kappa shape index (κ3) is 7.07. The Balaban J connectivity index is 1.65. The van der Waals surface area contributed by atoms with E-state index in [1.165, 1.54) is 29.1 Å². The van der Waals surface area contributed by atoms with Crippen LogP contribution in [0, 0.1) is 5.82 Å². The van der Waals surface area contributed by atoms with Crippen LogP contribution in [0.2, 0.25) is 0 Å². The summed E-state index contributed by atoms with van der Waals surface area (Å²) in [4.78, 5) is 32.7. The van der Waals surface area contributed by atoms with Crippen LogP contribution >= 0.6 is 11.3 Å². The maximum atomic E-state index is 14.3. The molecule has 10 heteroatoms. The normalized spacial score (nSPS) is 14.4. The van der Waals surface area contributed by atoms with E-state index in [1.807, 2.05) is 44.2 Å². The van der Waals surface area contributed by atoms with Crippen LogP contribution in [-0.4, -0.2) is 30.4 Å². The van der Waals surface area contributed by atoms with Gasteiger partial charge in [0.15, 0.2) is 16.3 Å².